The zero-order valence-electron chi connectivity index (χ0n) is 13.4. The monoisotopic (exact) mass is 419 g/mol. The minimum absolute atomic E-state index is 0.271. The van der Waals surface area contributed by atoms with Crippen molar-refractivity contribution in [1.29, 1.82) is 5.41 Å². The summed E-state index contributed by atoms with van der Waals surface area (Å²) < 4.78 is 23.4. The van der Waals surface area contributed by atoms with Crippen LogP contribution >= 0.6 is 34.8 Å². The van der Waals surface area contributed by atoms with Crippen molar-refractivity contribution in [2.45, 2.75) is 49.2 Å². The van der Waals surface area contributed by atoms with Crippen LogP contribution in [0.3, 0.4) is 0 Å². The first-order valence-electron chi connectivity index (χ1n) is 6.87. The van der Waals surface area contributed by atoms with Crippen LogP contribution in [-0.2, 0) is 38.1 Å². The van der Waals surface area contributed by atoms with E-state index in [0.717, 1.165) is 20.8 Å². The number of ether oxygens (including phenoxy) is 5. The second kappa shape index (κ2) is 8.88. The normalized spacial score (nSPS) is 26.3. The molecular formula is C13H16Cl3NO8. The molecular weight excluding hydrogens is 405 g/mol. The Kier molecular flexibility index (Phi) is 7.73. The van der Waals surface area contributed by atoms with Crippen molar-refractivity contribution in [3.05, 3.63) is 0 Å². The average Bonchev–Trinajstić information content (AvgIpc) is 2.42. The van der Waals surface area contributed by atoms with Gasteiger partial charge in [-0.25, -0.2) is 0 Å². The van der Waals surface area contributed by atoms with Crippen LogP contribution in [0.1, 0.15) is 20.8 Å². The maximum absolute atomic E-state index is 11.4. The Hall–Kier alpha value is -1.29. The number of hydrogen-bond acceptors (Lipinski definition) is 9. The molecule has 4 unspecified atom stereocenters. The quantitative estimate of drug-likeness (QED) is 0.239. The third-order valence-electron chi connectivity index (χ3n) is 2.80. The molecule has 0 bridgehead atoms. The first-order valence-corrected chi connectivity index (χ1v) is 8.01. The number of carbonyl (C=O) groups excluding carboxylic acids is 3. The molecule has 1 aliphatic rings. The van der Waals surface area contributed by atoms with Gasteiger partial charge in [-0.15, -0.1) is 0 Å². The highest BCUT2D eigenvalue weighted by atomic mass is 35.6. The first-order chi connectivity index (χ1) is 11.4. The van der Waals surface area contributed by atoms with E-state index in [0.29, 0.717) is 0 Å². The third kappa shape index (κ3) is 6.85. The highest BCUT2D eigenvalue weighted by Crippen LogP contribution is 2.31. The molecule has 1 N–H and O–H groups in total. The summed E-state index contributed by atoms with van der Waals surface area (Å²) in [7, 11) is 0. The highest BCUT2D eigenvalue weighted by molar-refractivity contribution is 6.76. The Labute approximate surface area is 158 Å². The largest absolute Gasteiger partial charge is 0.456 e. The van der Waals surface area contributed by atoms with Gasteiger partial charge in [0.1, 0.15) is 0 Å². The summed E-state index contributed by atoms with van der Waals surface area (Å²) in [4.78, 5) is 34.0. The SMILES string of the molecule is CC(=O)OC1COC(OC(=N)C(Cl)(Cl)Cl)C(OC(C)=O)C1OC(C)=O. The fraction of sp³-hybridized carbons (Fsp3) is 0.692. The van der Waals surface area contributed by atoms with E-state index in [9.17, 15) is 14.4 Å². The third-order valence-corrected chi connectivity index (χ3v) is 3.31. The van der Waals surface area contributed by atoms with Gasteiger partial charge >= 0.3 is 17.9 Å². The number of alkyl halides is 3. The van der Waals surface area contributed by atoms with E-state index in [1.807, 2.05) is 0 Å². The molecule has 12 heteroatoms. The molecule has 0 spiro atoms. The molecule has 142 valence electrons. The molecule has 0 aromatic heterocycles. The molecule has 0 amide bonds. The van der Waals surface area contributed by atoms with E-state index >= 15 is 0 Å². The minimum Gasteiger partial charge on any atom is -0.456 e. The summed E-state index contributed by atoms with van der Waals surface area (Å²) in [5.41, 5.74) is 0. The standard InChI is InChI=1S/C13H16Cl3NO8/c1-5(18)22-8-4-21-11(25-12(17)13(14,15)16)10(24-7(3)20)9(8)23-6(2)19/h8-11,17H,4H2,1-3H3. The first kappa shape index (κ1) is 21.8. The van der Waals surface area contributed by atoms with Gasteiger partial charge in [-0.05, 0) is 0 Å². The van der Waals surface area contributed by atoms with Gasteiger partial charge in [0, 0.05) is 20.8 Å². The number of halogens is 3. The number of carbonyl (C=O) groups is 3. The van der Waals surface area contributed by atoms with Crippen LogP contribution in [0.2, 0.25) is 0 Å². The molecule has 0 radical (unpaired) electrons. The van der Waals surface area contributed by atoms with Crippen LogP contribution in [0.15, 0.2) is 0 Å². The predicted molar refractivity (Wildman–Crippen MR) is 85.5 cm³/mol. The van der Waals surface area contributed by atoms with E-state index in [2.05, 4.69) is 0 Å². The van der Waals surface area contributed by atoms with Gasteiger partial charge in [0.15, 0.2) is 12.2 Å². The van der Waals surface area contributed by atoms with Crippen LogP contribution in [0.5, 0.6) is 0 Å². The molecule has 9 nitrogen and oxygen atoms in total. The van der Waals surface area contributed by atoms with Crippen LogP contribution in [-0.4, -0.2) is 58.8 Å². The Morgan fingerprint density at radius 1 is 0.920 bits per heavy atom. The second-order valence-corrected chi connectivity index (χ2v) is 7.22. The Morgan fingerprint density at radius 3 is 1.84 bits per heavy atom. The zero-order chi connectivity index (χ0) is 19.4. The fourth-order valence-electron chi connectivity index (χ4n) is 1.99. The van der Waals surface area contributed by atoms with E-state index in [1.165, 1.54) is 0 Å². The van der Waals surface area contributed by atoms with Crippen molar-refractivity contribution in [1.82, 2.24) is 0 Å². The molecule has 1 heterocycles. The van der Waals surface area contributed by atoms with Gasteiger partial charge in [-0.1, -0.05) is 34.8 Å². The summed E-state index contributed by atoms with van der Waals surface area (Å²) in [6.07, 6.45) is -5.10. The Morgan fingerprint density at radius 2 is 1.40 bits per heavy atom. The number of nitrogens with one attached hydrogen (secondary N) is 1. The van der Waals surface area contributed by atoms with E-state index in [-0.39, 0.29) is 6.61 Å². The molecule has 0 aromatic rings. The topological polar surface area (TPSA) is 121 Å². The molecule has 1 fully saturated rings. The zero-order valence-corrected chi connectivity index (χ0v) is 15.7. The van der Waals surface area contributed by atoms with Crippen molar-refractivity contribution in [3.63, 3.8) is 0 Å². The summed E-state index contributed by atoms with van der Waals surface area (Å²) >= 11 is 16.6. The fourth-order valence-corrected chi connectivity index (χ4v) is 2.13. The lowest BCUT2D eigenvalue weighted by Gasteiger charge is -2.40. The maximum atomic E-state index is 11.4. The Bertz CT molecular complexity index is 550. The van der Waals surface area contributed by atoms with Crippen LogP contribution in [0, 0.1) is 5.41 Å². The van der Waals surface area contributed by atoms with Gasteiger partial charge < -0.3 is 23.7 Å². The lowest BCUT2D eigenvalue weighted by Crippen LogP contribution is -2.58. The number of hydrogen-bond donors (Lipinski definition) is 1. The van der Waals surface area contributed by atoms with Gasteiger partial charge in [-0.2, -0.15) is 0 Å². The van der Waals surface area contributed by atoms with Crippen molar-refractivity contribution in [2.24, 2.45) is 0 Å². The molecule has 0 aromatic carbocycles. The minimum atomic E-state index is -2.19. The highest BCUT2D eigenvalue weighted by Gasteiger charge is 2.49. The van der Waals surface area contributed by atoms with E-state index < -0.39 is 52.2 Å². The van der Waals surface area contributed by atoms with Crippen LogP contribution < -0.4 is 0 Å². The summed E-state index contributed by atoms with van der Waals surface area (Å²) in [6.45, 7) is 3.09. The molecule has 4 atom stereocenters. The predicted octanol–water partition coefficient (Wildman–Crippen LogP) is 1.50. The second-order valence-electron chi connectivity index (χ2n) is 4.94. The lowest BCUT2D eigenvalue weighted by atomic mass is 10.0. The van der Waals surface area contributed by atoms with Gasteiger partial charge in [0.05, 0.1) is 6.61 Å². The molecule has 1 aliphatic heterocycles. The summed E-state index contributed by atoms with van der Waals surface area (Å²) in [5.74, 6) is -2.95. The van der Waals surface area contributed by atoms with Crippen LogP contribution in [0.4, 0.5) is 0 Å². The summed E-state index contributed by atoms with van der Waals surface area (Å²) in [5, 5.41) is 7.59. The van der Waals surface area contributed by atoms with Crippen molar-refractivity contribution in [3.8, 4) is 0 Å². The lowest BCUT2D eigenvalue weighted by molar-refractivity contribution is -0.263. The molecule has 25 heavy (non-hydrogen) atoms. The molecule has 1 rings (SSSR count). The van der Waals surface area contributed by atoms with E-state index in [1.54, 1.807) is 0 Å². The van der Waals surface area contributed by atoms with Gasteiger partial charge in [0.2, 0.25) is 18.3 Å². The van der Waals surface area contributed by atoms with E-state index in [4.69, 9.17) is 63.9 Å². The average molecular weight is 421 g/mol. The molecule has 0 aliphatic carbocycles. The summed E-state index contributed by atoms with van der Waals surface area (Å²) in [6, 6.07) is 0. The smallest absolute Gasteiger partial charge is 0.303 e. The van der Waals surface area contributed by atoms with Crippen molar-refractivity contribution >= 4 is 58.6 Å². The molecule has 0 saturated carbocycles. The van der Waals surface area contributed by atoms with Gasteiger partial charge in [-0.3, -0.25) is 19.8 Å². The maximum Gasteiger partial charge on any atom is 0.303 e. The molecule has 1 saturated heterocycles. The Balaban J connectivity index is 3.09. The van der Waals surface area contributed by atoms with Crippen molar-refractivity contribution in [2.75, 3.05) is 6.61 Å². The van der Waals surface area contributed by atoms with Gasteiger partial charge in [0.25, 0.3) is 3.79 Å². The van der Waals surface area contributed by atoms with Crippen molar-refractivity contribution < 1.29 is 38.1 Å². The number of esters is 3. The van der Waals surface area contributed by atoms with Crippen LogP contribution in [0.25, 0.3) is 0 Å². The number of rotatable bonds is 4.